The van der Waals surface area contributed by atoms with Crippen molar-refractivity contribution in [1.29, 1.82) is 0 Å². The molecule has 126 valence electrons. The zero-order valence-corrected chi connectivity index (χ0v) is 14.5. The quantitative estimate of drug-likeness (QED) is 0.882. The lowest BCUT2D eigenvalue weighted by molar-refractivity contribution is 0.0224. The van der Waals surface area contributed by atoms with Gasteiger partial charge in [0.2, 0.25) is 0 Å². The van der Waals surface area contributed by atoms with Crippen molar-refractivity contribution in [3.63, 3.8) is 0 Å². The summed E-state index contributed by atoms with van der Waals surface area (Å²) in [6.45, 7) is 7.10. The summed E-state index contributed by atoms with van der Waals surface area (Å²) in [6, 6.07) is 7.21. The highest BCUT2D eigenvalue weighted by atomic mass is 16.6. The summed E-state index contributed by atoms with van der Waals surface area (Å²) in [5.41, 5.74) is 3.33. The molecule has 23 heavy (non-hydrogen) atoms. The van der Waals surface area contributed by atoms with E-state index >= 15 is 0 Å². The smallest absolute Gasteiger partial charge is 0.410 e. The molecule has 1 aromatic rings. The SMILES string of the molecule is CC(C)(C)OC(=O)N1CCc2ccc(NC3CCCC3)cc2C1. The maximum Gasteiger partial charge on any atom is 0.410 e. The zero-order valence-electron chi connectivity index (χ0n) is 14.5. The number of nitrogens with zero attached hydrogens (tertiary/aromatic N) is 1. The van der Waals surface area contributed by atoms with E-state index in [0.717, 1.165) is 13.0 Å². The summed E-state index contributed by atoms with van der Waals surface area (Å²) in [7, 11) is 0. The molecule has 0 unspecified atom stereocenters. The number of nitrogens with one attached hydrogen (secondary N) is 1. The Hall–Kier alpha value is -1.71. The van der Waals surface area contributed by atoms with Gasteiger partial charge in [0.25, 0.3) is 0 Å². The number of hydrogen-bond donors (Lipinski definition) is 1. The Balaban J connectivity index is 1.67. The van der Waals surface area contributed by atoms with E-state index < -0.39 is 5.60 Å². The maximum atomic E-state index is 12.3. The van der Waals surface area contributed by atoms with Crippen LogP contribution in [0.3, 0.4) is 0 Å². The van der Waals surface area contributed by atoms with Crippen LogP contribution in [-0.2, 0) is 17.7 Å². The van der Waals surface area contributed by atoms with Gasteiger partial charge in [-0.3, -0.25) is 0 Å². The number of rotatable bonds is 2. The molecule has 1 aromatic carbocycles. The lowest BCUT2D eigenvalue weighted by Gasteiger charge is -2.31. The van der Waals surface area contributed by atoms with Gasteiger partial charge < -0.3 is 15.0 Å². The highest BCUT2D eigenvalue weighted by molar-refractivity contribution is 5.69. The van der Waals surface area contributed by atoms with E-state index in [1.165, 1.54) is 42.5 Å². The van der Waals surface area contributed by atoms with Gasteiger partial charge in [-0.2, -0.15) is 0 Å². The summed E-state index contributed by atoms with van der Waals surface area (Å²) in [6.07, 6.45) is 5.88. The van der Waals surface area contributed by atoms with E-state index in [0.29, 0.717) is 12.6 Å². The number of amides is 1. The van der Waals surface area contributed by atoms with Crippen molar-refractivity contribution in [2.45, 2.75) is 71.1 Å². The van der Waals surface area contributed by atoms with Gasteiger partial charge in [0.05, 0.1) is 0 Å². The number of hydrogen-bond acceptors (Lipinski definition) is 3. The molecule has 0 bridgehead atoms. The average molecular weight is 316 g/mol. The molecular weight excluding hydrogens is 288 g/mol. The molecular formula is C19H28N2O2. The average Bonchev–Trinajstić information content (AvgIpc) is 2.97. The van der Waals surface area contributed by atoms with Crippen LogP contribution in [0.15, 0.2) is 18.2 Å². The van der Waals surface area contributed by atoms with Gasteiger partial charge in [-0.05, 0) is 63.3 Å². The molecule has 0 spiro atoms. The Bertz CT molecular complexity index is 571. The fourth-order valence-electron chi connectivity index (χ4n) is 3.44. The molecule has 1 fully saturated rings. The summed E-state index contributed by atoms with van der Waals surface area (Å²) >= 11 is 0. The van der Waals surface area contributed by atoms with E-state index in [9.17, 15) is 4.79 Å². The molecule has 2 aliphatic rings. The van der Waals surface area contributed by atoms with Gasteiger partial charge in [-0.15, -0.1) is 0 Å². The van der Waals surface area contributed by atoms with Crippen LogP contribution in [0.5, 0.6) is 0 Å². The zero-order chi connectivity index (χ0) is 16.4. The molecule has 1 heterocycles. The number of benzene rings is 1. The van der Waals surface area contributed by atoms with Crippen LogP contribution in [0.1, 0.15) is 57.6 Å². The number of carbonyl (C=O) groups excluding carboxylic acids is 1. The number of carbonyl (C=O) groups is 1. The molecule has 0 atom stereocenters. The maximum absolute atomic E-state index is 12.3. The third-order valence-electron chi connectivity index (χ3n) is 4.60. The van der Waals surface area contributed by atoms with Crippen LogP contribution in [0, 0.1) is 0 Å². The van der Waals surface area contributed by atoms with Gasteiger partial charge in [0.1, 0.15) is 5.60 Å². The summed E-state index contributed by atoms with van der Waals surface area (Å²) in [5, 5.41) is 3.64. The second-order valence-corrected chi connectivity index (χ2v) is 7.76. The Morgan fingerprint density at radius 1 is 1.22 bits per heavy atom. The molecule has 1 saturated carbocycles. The molecule has 1 N–H and O–H groups in total. The lowest BCUT2D eigenvalue weighted by atomic mass is 9.99. The molecule has 1 aliphatic heterocycles. The van der Waals surface area contributed by atoms with Crippen molar-refractivity contribution < 1.29 is 9.53 Å². The van der Waals surface area contributed by atoms with Crippen molar-refractivity contribution in [3.05, 3.63) is 29.3 Å². The Kier molecular flexibility index (Phi) is 4.51. The van der Waals surface area contributed by atoms with Gasteiger partial charge in [0.15, 0.2) is 0 Å². The normalized spacial score (nSPS) is 18.7. The third-order valence-corrected chi connectivity index (χ3v) is 4.60. The first kappa shape index (κ1) is 16.2. The minimum Gasteiger partial charge on any atom is -0.444 e. The number of fused-ring (bicyclic) bond motifs is 1. The molecule has 1 aliphatic carbocycles. The summed E-state index contributed by atoms with van der Waals surface area (Å²) in [5.74, 6) is 0. The van der Waals surface area contributed by atoms with Crippen LogP contribution in [0.4, 0.5) is 10.5 Å². The van der Waals surface area contributed by atoms with E-state index in [-0.39, 0.29) is 6.09 Å². The van der Waals surface area contributed by atoms with Gasteiger partial charge in [-0.25, -0.2) is 4.79 Å². The van der Waals surface area contributed by atoms with Crippen molar-refractivity contribution in [2.75, 3.05) is 11.9 Å². The first-order valence-corrected chi connectivity index (χ1v) is 8.77. The first-order chi connectivity index (χ1) is 10.9. The molecule has 4 heteroatoms. The van der Waals surface area contributed by atoms with Crippen LogP contribution >= 0.6 is 0 Å². The van der Waals surface area contributed by atoms with Crippen LogP contribution < -0.4 is 5.32 Å². The second kappa shape index (κ2) is 6.42. The van der Waals surface area contributed by atoms with Crippen LogP contribution in [0.25, 0.3) is 0 Å². The summed E-state index contributed by atoms with van der Waals surface area (Å²) in [4.78, 5) is 14.1. The highest BCUT2D eigenvalue weighted by Gasteiger charge is 2.26. The minimum absolute atomic E-state index is 0.211. The van der Waals surface area contributed by atoms with E-state index in [2.05, 4.69) is 23.5 Å². The Morgan fingerprint density at radius 3 is 2.65 bits per heavy atom. The van der Waals surface area contributed by atoms with Gasteiger partial charge in [0, 0.05) is 24.8 Å². The van der Waals surface area contributed by atoms with E-state index in [1.807, 2.05) is 25.7 Å². The first-order valence-electron chi connectivity index (χ1n) is 8.77. The van der Waals surface area contributed by atoms with Crippen molar-refractivity contribution in [3.8, 4) is 0 Å². The molecule has 0 saturated heterocycles. The Morgan fingerprint density at radius 2 is 1.96 bits per heavy atom. The van der Waals surface area contributed by atoms with Crippen LogP contribution in [-0.4, -0.2) is 29.2 Å². The topological polar surface area (TPSA) is 41.6 Å². The van der Waals surface area contributed by atoms with E-state index in [1.54, 1.807) is 0 Å². The lowest BCUT2D eigenvalue weighted by Crippen LogP contribution is -2.39. The van der Waals surface area contributed by atoms with Crippen molar-refractivity contribution in [2.24, 2.45) is 0 Å². The number of ether oxygens (including phenoxy) is 1. The fraction of sp³-hybridized carbons (Fsp3) is 0.632. The number of anilines is 1. The minimum atomic E-state index is -0.441. The van der Waals surface area contributed by atoms with Crippen molar-refractivity contribution >= 4 is 11.8 Å². The van der Waals surface area contributed by atoms with Gasteiger partial charge in [-0.1, -0.05) is 18.9 Å². The summed E-state index contributed by atoms with van der Waals surface area (Å²) < 4.78 is 5.50. The highest BCUT2D eigenvalue weighted by Crippen LogP contribution is 2.27. The molecule has 0 aromatic heterocycles. The largest absolute Gasteiger partial charge is 0.444 e. The third kappa shape index (κ3) is 4.18. The van der Waals surface area contributed by atoms with Crippen LogP contribution in [0.2, 0.25) is 0 Å². The molecule has 3 rings (SSSR count). The van der Waals surface area contributed by atoms with Gasteiger partial charge >= 0.3 is 6.09 Å². The fourth-order valence-corrected chi connectivity index (χ4v) is 3.44. The predicted octanol–water partition coefficient (Wildman–Crippen LogP) is 4.33. The second-order valence-electron chi connectivity index (χ2n) is 7.76. The molecule has 4 nitrogen and oxygen atoms in total. The van der Waals surface area contributed by atoms with E-state index in [4.69, 9.17) is 4.74 Å². The molecule has 1 amide bonds. The molecule has 0 radical (unpaired) electrons. The standard InChI is InChI=1S/C19H28N2O2/c1-19(2,3)23-18(22)21-11-10-14-8-9-17(12-15(14)13-21)20-16-6-4-5-7-16/h8-9,12,16,20H,4-7,10-11,13H2,1-3H3. The predicted molar refractivity (Wildman–Crippen MR) is 92.7 cm³/mol. The Labute approximate surface area is 139 Å². The van der Waals surface area contributed by atoms with Crippen molar-refractivity contribution in [1.82, 2.24) is 4.90 Å². The monoisotopic (exact) mass is 316 g/mol.